The first kappa shape index (κ1) is 13.4. The monoisotopic (exact) mass is 263 g/mol. The van der Waals surface area contributed by atoms with E-state index in [0.717, 1.165) is 5.75 Å². The second kappa shape index (κ2) is 5.73. The maximum absolute atomic E-state index is 12.3. The van der Waals surface area contributed by atoms with Gasteiger partial charge in [0.1, 0.15) is 5.75 Å². The van der Waals surface area contributed by atoms with Crippen LogP contribution in [0.15, 0.2) is 24.3 Å². The van der Waals surface area contributed by atoms with Gasteiger partial charge in [-0.3, -0.25) is 4.79 Å². The van der Waals surface area contributed by atoms with Gasteiger partial charge in [0.15, 0.2) is 5.78 Å². The van der Waals surface area contributed by atoms with Crippen LogP contribution < -0.4 is 4.74 Å². The number of carbonyl (C=O) groups excluding carboxylic acids is 1. The molecule has 1 aliphatic heterocycles. The highest BCUT2D eigenvalue weighted by Gasteiger charge is 2.27. The van der Waals surface area contributed by atoms with Crippen LogP contribution in [0.2, 0.25) is 0 Å². The van der Waals surface area contributed by atoms with Crippen LogP contribution >= 0.6 is 0 Å². The van der Waals surface area contributed by atoms with E-state index in [1.165, 1.54) is 4.90 Å². The number of piperidine rings is 1. The van der Waals surface area contributed by atoms with Crippen LogP contribution in [-0.4, -0.2) is 42.1 Å². The highest BCUT2D eigenvalue weighted by molar-refractivity contribution is 5.98. The van der Waals surface area contributed by atoms with E-state index in [-0.39, 0.29) is 11.7 Å². The Balaban J connectivity index is 1.98. The molecule has 0 unspecified atom stereocenters. The molecule has 0 saturated carbocycles. The Bertz CT molecular complexity index is 461. The molecule has 5 nitrogen and oxygen atoms in total. The first-order valence-electron chi connectivity index (χ1n) is 6.28. The van der Waals surface area contributed by atoms with Crippen LogP contribution in [0.1, 0.15) is 23.2 Å². The van der Waals surface area contributed by atoms with Crippen LogP contribution in [0, 0.1) is 5.92 Å². The van der Waals surface area contributed by atoms with Gasteiger partial charge < -0.3 is 14.7 Å². The molecule has 5 heteroatoms. The zero-order chi connectivity index (χ0) is 13.8. The molecule has 1 N–H and O–H groups in total. The van der Waals surface area contributed by atoms with Gasteiger partial charge in [0.2, 0.25) is 0 Å². The van der Waals surface area contributed by atoms with E-state index < -0.39 is 6.09 Å². The fourth-order valence-electron chi connectivity index (χ4n) is 2.32. The third kappa shape index (κ3) is 3.05. The maximum Gasteiger partial charge on any atom is 0.407 e. The van der Waals surface area contributed by atoms with E-state index in [0.29, 0.717) is 31.5 Å². The van der Waals surface area contributed by atoms with Crippen molar-refractivity contribution in [3.05, 3.63) is 29.8 Å². The Kier molecular flexibility index (Phi) is 4.04. The molecule has 1 aromatic rings. The van der Waals surface area contributed by atoms with Crippen LogP contribution in [0.4, 0.5) is 4.79 Å². The molecule has 0 bridgehead atoms. The predicted molar refractivity (Wildman–Crippen MR) is 69.6 cm³/mol. The molecule has 1 amide bonds. The third-order valence-corrected chi connectivity index (χ3v) is 3.51. The normalized spacial score (nSPS) is 16.2. The Hall–Kier alpha value is -2.04. The van der Waals surface area contributed by atoms with Crippen molar-refractivity contribution in [3.63, 3.8) is 0 Å². The summed E-state index contributed by atoms with van der Waals surface area (Å²) in [6.45, 7) is 0.865. The molecule has 0 spiro atoms. The smallest absolute Gasteiger partial charge is 0.407 e. The van der Waals surface area contributed by atoms with E-state index in [9.17, 15) is 9.59 Å². The summed E-state index contributed by atoms with van der Waals surface area (Å²) < 4.78 is 5.05. The van der Waals surface area contributed by atoms with E-state index in [1.807, 2.05) is 0 Å². The molecule has 0 aliphatic carbocycles. The summed E-state index contributed by atoms with van der Waals surface area (Å²) in [7, 11) is 1.58. The highest BCUT2D eigenvalue weighted by atomic mass is 16.5. The second-order valence-electron chi connectivity index (χ2n) is 4.64. The molecule has 0 aromatic heterocycles. The van der Waals surface area contributed by atoms with E-state index >= 15 is 0 Å². The second-order valence-corrected chi connectivity index (χ2v) is 4.64. The summed E-state index contributed by atoms with van der Waals surface area (Å²) >= 11 is 0. The van der Waals surface area contributed by atoms with Gasteiger partial charge in [0.05, 0.1) is 7.11 Å². The number of amides is 1. The van der Waals surface area contributed by atoms with Gasteiger partial charge in [-0.25, -0.2) is 4.79 Å². The Morgan fingerprint density at radius 2 is 1.79 bits per heavy atom. The molecule has 1 aromatic carbocycles. The number of Topliss-reactive ketones (excluding diaryl/α,β-unsaturated/α-hetero) is 1. The minimum atomic E-state index is -0.907. The number of ketones is 1. The number of hydrogen-bond donors (Lipinski definition) is 1. The maximum atomic E-state index is 12.3. The van der Waals surface area contributed by atoms with Crippen molar-refractivity contribution in [2.75, 3.05) is 20.2 Å². The topological polar surface area (TPSA) is 66.8 Å². The lowest BCUT2D eigenvalue weighted by Crippen LogP contribution is -2.39. The molecule has 19 heavy (non-hydrogen) atoms. The first-order chi connectivity index (χ1) is 9.11. The van der Waals surface area contributed by atoms with Gasteiger partial charge in [-0.05, 0) is 37.1 Å². The zero-order valence-corrected chi connectivity index (χ0v) is 10.8. The fourth-order valence-corrected chi connectivity index (χ4v) is 2.32. The highest BCUT2D eigenvalue weighted by Crippen LogP contribution is 2.23. The largest absolute Gasteiger partial charge is 0.497 e. The fraction of sp³-hybridized carbons (Fsp3) is 0.429. The number of benzene rings is 1. The van der Waals surface area contributed by atoms with E-state index in [1.54, 1.807) is 31.4 Å². The molecule has 1 aliphatic rings. The molecule has 2 rings (SSSR count). The molecule has 0 atom stereocenters. The molecule has 1 saturated heterocycles. The number of likely N-dealkylation sites (tertiary alicyclic amines) is 1. The zero-order valence-electron chi connectivity index (χ0n) is 10.8. The lowest BCUT2D eigenvalue weighted by atomic mass is 9.89. The molecule has 102 valence electrons. The average Bonchev–Trinajstić information content (AvgIpc) is 2.46. The van der Waals surface area contributed by atoms with Crippen LogP contribution in [0.25, 0.3) is 0 Å². The quantitative estimate of drug-likeness (QED) is 0.849. The van der Waals surface area contributed by atoms with Crippen molar-refractivity contribution in [1.29, 1.82) is 0 Å². The van der Waals surface area contributed by atoms with Crippen LogP contribution in [0.5, 0.6) is 5.75 Å². The SMILES string of the molecule is COc1ccc(C(=O)C2CCN(C(=O)O)CC2)cc1. The summed E-state index contributed by atoms with van der Waals surface area (Å²) in [5.74, 6) is 0.730. The standard InChI is InChI=1S/C14H17NO4/c1-19-12-4-2-10(3-5-12)13(16)11-6-8-15(9-7-11)14(17)18/h2-5,11H,6-9H2,1H3,(H,17,18). The van der Waals surface area contributed by atoms with Crippen molar-refractivity contribution in [2.24, 2.45) is 5.92 Å². The van der Waals surface area contributed by atoms with E-state index in [4.69, 9.17) is 9.84 Å². The molecule has 1 fully saturated rings. The molecular weight excluding hydrogens is 246 g/mol. The Labute approximate surface area is 111 Å². The number of ether oxygens (including phenoxy) is 1. The van der Waals surface area contributed by atoms with Crippen molar-refractivity contribution >= 4 is 11.9 Å². The van der Waals surface area contributed by atoms with Crippen LogP contribution in [0.3, 0.4) is 0 Å². The Morgan fingerprint density at radius 3 is 2.26 bits per heavy atom. The van der Waals surface area contributed by atoms with Crippen molar-refractivity contribution < 1.29 is 19.4 Å². The third-order valence-electron chi connectivity index (χ3n) is 3.51. The lowest BCUT2D eigenvalue weighted by molar-refractivity contribution is 0.0821. The number of methoxy groups -OCH3 is 1. The summed E-state index contributed by atoms with van der Waals surface area (Å²) in [5.41, 5.74) is 0.662. The van der Waals surface area contributed by atoms with Gasteiger partial charge in [-0.2, -0.15) is 0 Å². The van der Waals surface area contributed by atoms with Crippen molar-refractivity contribution in [1.82, 2.24) is 4.90 Å². The number of rotatable bonds is 3. The van der Waals surface area contributed by atoms with Gasteiger partial charge in [0, 0.05) is 24.6 Å². The Morgan fingerprint density at radius 1 is 1.21 bits per heavy atom. The number of carboxylic acid groups (broad SMARTS) is 1. The summed E-state index contributed by atoms with van der Waals surface area (Å²) in [4.78, 5) is 24.4. The number of nitrogens with zero attached hydrogens (tertiary/aromatic N) is 1. The van der Waals surface area contributed by atoms with Gasteiger partial charge >= 0.3 is 6.09 Å². The molecular formula is C14H17NO4. The average molecular weight is 263 g/mol. The molecule has 1 heterocycles. The minimum Gasteiger partial charge on any atom is -0.497 e. The van der Waals surface area contributed by atoms with E-state index in [2.05, 4.69) is 0 Å². The predicted octanol–water partition coefficient (Wildman–Crippen LogP) is 2.27. The summed E-state index contributed by atoms with van der Waals surface area (Å²) in [6, 6.07) is 7.04. The van der Waals surface area contributed by atoms with Crippen molar-refractivity contribution in [2.45, 2.75) is 12.8 Å². The van der Waals surface area contributed by atoms with Gasteiger partial charge in [-0.15, -0.1) is 0 Å². The van der Waals surface area contributed by atoms with Crippen LogP contribution in [-0.2, 0) is 0 Å². The first-order valence-corrected chi connectivity index (χ1v) is 6.28. The number of carbonyl (C=O) groups is 2. The minimum absolute atomic E-state index is 0.0796. The van der Waals surface area contributed by atoms with Crippen molar-refractivity contribution in [3.8, 4) is 5.75 Å². The summed E-state index contributed by atoms with van der Waals surface area (Å²) in [5, 5.41) is 8.86. The van der Waals surface area contributed by atoms with Gasteiger partial charge in [-0.1, -0.05) is 0 Å². The molecule has 0 radical (unpaired) electrons. The summed E-state index contributed by atoms with van der Waals surface area (Å²) in [6.07, 6.45) is 0.282. The van der Waals surface area contributed by atoms with Gasteiger partial charge in [0.25, 0.3) is 0 Å². The lowest BCUT2D eigenvalue weighted by Gasteiger charge is -2.29. The number of hydrogen-bond acceptors (Lipinski definition) is 3.